The van der Waals surface area contributed by atoms with E-state index >= 15 is 0 Å². The van der Waals surface area contributed by atoms with Gasteiger partial charge in [0.1, 0.15) is 0 Å². The van der Waals surface area contributed by atoms with Crippen molar-refractivity contribution in [3.8, 4) is 0 Å². The van der Waals surface area contributed by atoms with Crippen LogP contribution in [-0.4, -0.2) is 80.9 Å². The zero-order valence-corrected chi connectivity index (χ0v) is 19.1. The summed E-state index contributed by atoms with van der Waals surface area (Å²) in [6, 6.07) is 0.314. The van der Waals surface area contributed by atoms with Gasteiger partial charge in [0.15, 0.2) is 5.96 Å². The van der Waals surface area contributed by atoms with Gasteiger partial charge in [0.05, 0.1) is 12.0 Å². The third-order valence-electron chi connectivity index (χ3n) is 5.55. The van der Waals surface area contributed by atoms with Gasteiger partial charge < -0.3 is 21.3 Å². The van der Waals surface area contributed by atoms with Crippen molar-refractivity contribution in [3.05, 3.63) is 0 Å². The Labute approximate surface area is 179 Å². The van der Waals surface area contributed by atoms with Gasteiger partial charge in [0, 0.05) is 46.8 Å². The Morgan fingerprint density at radius 2 is 1.81 bits per heavy atom. The maximum atomic E-state index is 12.7. The number of primary amides is 1. The van der Waals surface area contributed by atoms with Crippen LogP contribution in [0.5, 0.6) is 0 Å². The van der Waals surface area contributed by atoms with Gasteiger partial charge in [-0.25, -0.2) is 0 Å². The highest BCUT2D eigenvalue weighted by atomic mass is 127. The normalized spacial score (nSPS) is 20.6. The highest BCUT2D eigenvalue weighted by molar-refractivity contribution is 14.0. The summed E-state index contributed by atoms with van der Waals surface area (Å²) < 4.78 is 0. The number of guanidine groups is 1. The molecule has 0 radical (unpaired) electrons. The maximum absolute atomic E-state index is 12.7. The first kappa shape index (κ1) is 23.9. The predicted octanol–water partition coefficient (Wildman–Crippen LogP) is 0.368. The lowest BCUT2D eigenvalue weighted by Crippen LogP contribution is -2.53. The lowest BCUT2D eigenvalue weighted by Gasteiger charge is -2.34. The topological polar surface area (TPSA) is 103 Å². The van der Waals surface area contributed by atoms with Crippen molar-refractivity contribution < 1.29 is 9.59 Å². The van der Waals surface area contributed by atoms with Gasteiger partial charge in [-0.2, -0.15) is 0 Å². The average Bonchev–Trinajstić information content (AvgIpc) is 3.09. The molecule has 2 fully saturated rings. The van der Waals surface area contributed by atoms with Crippen molar-refractivity contribution in [1.29, 1.82) is 0 Å². The fourth-order valence-electron chi connectivity index (χ4n) is 4.09. The molecule has 0 atom stereocenters. The third kappa shape index (κ3) is 6.78. The predicted molar refractivity (Wildman–Crippen MR) is 118 cm³/mol. The van der Waals surface area contributed by atoms with Crippen LogP contribution in [0.3, 0.4) is 0 Å². The summed E-state index contributed by atoms with van der Waals surface area (Å²) in [5, 5.41) is 6.84. The molecule has 27 heavy (non-hydrogen) atoms. The Kier molecular flexibility index (Phi) is 9.78. The molecule has 0 bridgehead atoms. The third-order valence-corrected chi connectivity index (χ3v) is 5.55. The lowest BCUT2D eigenvalue weighted by molar-refractivity contribution is -0.138. The van der Waals surface area contributed by atoms with E-state index in [9.17, 15) is 9.59 Å². The first-order valence-corrected chi connectivity index (χ1v) is 9.56. The molecule has 4 N–H and O–H groups in total. The molecule has 0 aromatic heterocycles. The minimum Gasteiger partial charge on any atom is -0.369 e. The number of nitrogens with one attached hydrogen (secondary N) is 2. The van der Waals surface area contributed by atoms with Crippen molar-refractivity contribution in [2.45, 2.75) is 44.6 Å². The SMILES string of the molecule is CN=C(NCC1(C(=O)N(C)C)CCCC1)NC1CCN(CC(N)=O)CC1.I. The second kappa shape index (κ2) is 11.0. The zero-order valence-electron chi connectivity index (χ0n) is 16.8. The second-order valence-corrected chi connectivity index (χ2v) is 7.77. The molecule has 9 heteroatoms. The fraction of sp³-hybridized carbons (Fsp3) is 0.833. The van der Waals surface area contributed by atoms with Crippen LogP contribution >= 0.6 is 24.0 Å². The molecule has 0 aromatic carbocycles. The van der Waals surface area contributed by atoms with Gasteiger partial charge in [-0.15, -0.1) is 24.0 Å². The van der Waals surface area contributed by atoms with Crippen molar-refractivity contribution in [3.63, 3.8) is 0 Å². The van der Waals surface area contributed by atoms with Crippen LogP contribution in [0.2, 0.25) is 0 Å². The Hall–Kier alpha value is -1.10. The number of hydrogen-bond acceptors (Lipinski definition) is 4. The van der Waals surface area contributed by atoms with Crippen molar-refractivity contribution >= 4 is 41.8 Å². The zero-order chi connectivity index (χ0) is 19.2. The highest BCUT2D eigenvalue weighted by Gasteiger charge is 2.42. The number of aliphatic imine (C=N–C) groups is 1. The van der Waals surface area contributed by atoms with Gasteiger partial charge in [-0.05, 0) is 25.7 Å². The summed E-state index contributed by atoms with van der Waals surface area (Å²) in [7, 11) is 5.41. The molecular weight excluding hydrogens is 459 g/mol. The fourth-order valence-corrected chi connectivity index (χ4v) is 4.09. The average molecular weight is 494 g/mol. The van der Waals surface area contributed by atoms with Crippen LogP contribution in [0.1, 0.15) is 38.5 Å². The number of amides is 2. The molecule has 1 saturated heterocycles. The van der Waals surface area contributed by atoms with E-state index in [1.165, 1.54) is 0 Å². The molecule has 2 aliphatic rings. The first-order chi connectivity index (χ1) is 12.4. The molecule has 156 valence electrons. The van der Waals surface area contributed by atoms with E-state index in [1.54, 1.807) is 11.9 Å². The van der Waals surface area contributed by atoms with E-state index in [-0.39, 0.29) is 41.2 Å². The number of halogens is 1. The van der Waals surface area contributed by atoms with Gasteiger partial charge >= 0.3 is 0 Å². The quantitative estimate of drug-likeness (QED) is 0.281. The molecule has 1 heterocycles. The molecule has 0 unspecified atom stereocenters. The number of piperidine rings is 1. The van der Waals surface area contributed by atoms with Crippen LogP contribution in [0.15, 0.2) is 4.99 Å². The Bertz CT molecular complexity index is 526. The van der Waals surface area contributed by atoms with Crippen molar-refractivity contribution in [1.82, 2.24) is 20.4 Å². The van der Waals surface area contributed by atoms with Gasteiger partial charge in [0.25, 0.3) is 0 Å². The first-order valence-electron chi connectivity index (χ1n) is 9.56. The Balaban J connectivity index is 0.00000364. The van der Waals surface area contributed by atoms with Gasteiger partial charge in [-0.1, -0.05) is 12.8 Å². The minimum absolute atomic E-state index is 0. The molecule has 2 amide bonds. The largest absolute Gasteiger partial charge is 0.369 e. The molecule has 2 rings (SSSR count). The van der Waals surface area contributed by atoms with Crippen LogP contribution in [0, 0.1) is 5.41 Å². The molecule has 0 aromatic rings. The number of carbonyl (C=O) groups is 2. The number of nitrogens with two attached hydrogens (primary N) is 1. The van der Waals surface area contributed by atoms with E-state index in [0.717, 1.165) is 57.6 Å². The van der Waals surface area contributed by atoms with Crippen molar-refractivity contribution in [2.75, 3.05) is 47.3 Å². The number of hydrogen-bond donors (Lipinski definition) is 3. The smallest absolute Gasteiger partial charge is 0.231 e. The molecule has 1 saturated carbocycles. The Morgan fingerprint density at radius 3 is 2.30 bits per heavy atom. The van der Waals surface area contributed by atoms with E-state index in [4.69, 9.17) is 5.73 Å². The summed E-state index contributed by atoms with van der Waals surface area (Å²) in [6.45, 7) is 2.64. The summed E-state index contributed by atoms with van der Waals surface area (Å²) in [5.41, 5.74) is 4.95. The van der Waals surface area contributed by atoms with E-state index in [2.05, 4.69) is 20.5 Å². The summed E-state index contributed by atoms with van der Waals surface area (Å²) in [5.74, 6) is 0.676. The lowest BCUT2D eigenvalue weighted by atomic mass is 9.84. The number of nitrogens with zero attached hydrogens (tertiary/aromatic N) is 3. The van der Waals surface area contributed by atoms with Crippen LogP contribution < -0.4 is 16.4 Å². The molecule has 1 aliphatic heterocycles. The van der Waals surface area contributed by atoms with Crippen LogP contribution in [-0.2, 0) is 9.59 Å². The van der Waals surface area contributed by atoms with Gasteiger partial charge in [-0.3, -0.25) is 19.5 Å². The highest BCUT2D eigenvalue weighted by Crippen LogP contribution is 2.38. The minimum atomic E-state index is -0.314. The molecule has 8 nitrogen and oxygen atoms in total. The standard InChI is InChI=1S/C18H34N6O2.HI/c1-20-17(22-14-6-10-24(11-7-14)12-15(19)25)21-13-18(8-4-5-9-18)16(26)23(2)3;/h14H,4-13H2,1-3H3,(H2,19,25)(H2,20,21,22);1H. The number of rotatable bonds is 6. The monoisotopic (exact) mass is 494 g/mol. The Morgan fingerprint density at radius 1 is 1.22 bits per heavy atom. The maximum Gasteiger partial charge on any atom is 0.231 e. The summed E-state index contributed by atoms with van der Waals surface area (Å²) >= 11 is 0. The van der Waals surface area contributed by atoms with Crippen molar-refractivity contribution in [2.24, 2.45) is 16.1 Å². The van der Waals surface area contributed by atoms with Crippen LogP contribution in [0.4, 0.5) is 0 Å². The van der Waals surface area contributed by atoms with E-state index in [1.807, 2.05) is 14.1 Å². The molecule has 1 aliphatic carbocycles. The van der Waals surface area contributed by atoms with Gasteiger partial charge in [0.2, 0.25) is 11.8 Å². The van der Waals surface area contributed by atoms with E-state index < -0.39 is 0 Å². The second-order valence-electron chi connectivity index (χ2n) is 7.77. The molecular formula is C18H35IN6O2. The summed E-state index contributed by atoms with van der Waals surface area (Å²) in [6.07, 6.45) is 5.95. The molecule has 0 spiro atoms. The van der Waals surface area contributed by atoms with E-state index in [0.29, 0.717) is 19.1 Å². The number of carbonyl (C=O) groups excluding carboxylic acids is 2. The van der Waals surface area contributed by atoms with Crippen LogP contribution in [0.25, 0.3) is 0 Å². The summed E-state index contributed by atoms with van der Waals surface area (Å²) in [4.78, 5) is 31.8. The number of likely N-dealkylation sites (tertiary alicyclic amines) is 1.